The van der Waals surface area contributed by atoms with Gasteiger partial charge in [-0.05, 0) is 41.3 Å². The van der Waals surface area contributed by atoms with Gasteiger partial charge in [0.1, 0.15) is 5.75 Å². The summed E-state index contributed by atoms with van der Waals surface area (Å²) in [5, 5.41) is 14.4. The van der Waals surface area contributed by atoms with Crippen LogP contribution in [0.1, 0.15) is 37.8 Å². The summed E-state index contributed by atoms with van der Waals surface area (Å²) in [6.07, 6.45) is 2.15. The molecule has 0 saturated heterocycles. The lowest BCUT2D eigenvalue weighted by molar-refractivity contribution is -0.139. The van der Waals surface area contributed by atoms with Gasteiger partial charge in [-0.2, -0.15) is 0 Å². The second kappa shape index (κ2) is 7.01. The van der Waals surface area contributed by atoms with Gasteiger partial charge in [0.25, 0.3) is 5.91 Å². The molecule has 3 aromatic rings. The predicted octanol–water partition coefficient (Wildman–Crippen LogP) is 4.20. The molecule has 6 nitrogen and oxygen atoms in total. The van der Waals surface area contributed by atoms with E-state index in [1.165, 1.54) is 11.8 Å². The van der Waals surface area contributed by atoms with E-state index in [1.807, 2.05) is 24.3 Å². The molecule has 5 rings (SSSR count). The smallest absolute Gasteiger partial charge is 0.259 e. The number of anilines is 1. The Morgan fingerprint density at radius 3 is 2.61 bits per heavy atom. The van der Waals surface area contributed by atoms with E-state index in [4.69, 9.17) is 0 Å². The summed E-state index contributed by atoms with van der Waals surface area (Å²) in [7, 11) is 0. The van der Waals surface area contributed by atoms with Crippen LogP contribution in [0.4, 0.5) is 5.69 Å². The number of hydrogen-bond acceptors (Lipinski definition) is 4. The normalized spacial score (nSPS) is 17.9. The third-order valence-corrected chi connectivity index (χ3v) is 6.11. The summed E-state index contributed by atoms with van der Waals surface area (Å²) in [5.74, 6) is -0.216. The quantitative estimate of drug-likeness (QED) is 0.672. The van der Waals surface area contributed by atoms with Crippen molar-refractivity contribution >= 4 is 28.4 Å². The molecular formula is C25H25N3O3. The highest BCUT2D eigenvalue weighted by Crippen LogP contribution is 2.46. The fourth-order valence-electron chi connectivity index (χ4n) is 4.83. The number of nitrogens with zero attached hydrogens (tertiary/aromatic N) is 2. The van der Waals surface area contributed by atoms with Gasteiger partial charge in [0.2, 0.25) is 5.91 Å². The molecule has 0 bridgehead atoms. The maximum Gasteiger partial charge on any atom is 0.259 e. The Bertz CT molecular complexity index is 1250. The minimum absolute atomic E-state index is 0.177. The number of amides is 2. The summed E-state index contributed by atoms with van der Waals surface area (Å²) in [6, 6.07) is 13.2. The molecule has 3 heterocycles. The Morgan fingerprint density at radius 2 is 1.94 bits per heavy atom. The molecule has 0 spiro atoms. The number of imide groups is 1. The van der Waals surface area contributed by atoms with Gasteiger partial charge in [0, 0.05) is 42.4 Å². The van der Waals surface area contributed by atoms with E-state index in [-0.39, 0.29) is 30.0 Å². The first-order chi connectivity index (χ1) is 14.8. The van der Waals surface area contributed by atoms with Crippen molar-refractivity contribution in [1.29, 1.82) is 0 Å². The largest absolute Gasteiger partial charge is 0.508 e. The number of aromatic hydroxyl groups is 1. The van der Waals surface area contributed by atoms with Crippen molar-refractivity contribution in [1.82, 2.24) is 9.47 Å². The molecule has 0 radical (unpaired) electrons. The SMILES string of the molecule is CC(=O)N1CC2=C(C1=O)[C@@H](c1ccc(O)cc1)c1cn(CC(C)C)c3cccc(c13)N2. The van der Waals surface area contributed by atoms with Gasteiger partial charge in [-0.15, -0.1) is 0 Å². The molecule has 2 N–H and O–H groups in total. The summed E-state index contributed by atoms with van der Waals surface area (Å²) in [6.45, 7) is 6.89. The van der Waals surface area contributed by atoms with E-state index in [9.17, 15) is 14.7 Å². The fourth-order valence-corrected chi connectivity index (χ4v) is 4.83. The van der Waals surface area contributed by atoms with Crippen molar-refractivity contribution in [3.63, 3.8) is 0 Å². The Kier molecular flexibility index (Phi) is 4.39. The van der Waals surface area contributed by atoms with Crippen LogP contribution < -0.4 is 5.32 Å². The zero-order valence-electron chi connectivity index (χ0n) is 17.8. The molecule has 1 aromatic heterocycles. The highest BCUT2D eigenvalue weighted by atomic mass is 16.3. The average molecular weight is 415 g/mol. The van der Waals surface area contributed by atoms with Crippen LogP contribution in [0.25, 0.3) is 10.9 Å². The lowest BCUT2D eigenvalue weighted by atomic mass is 9.84. The van der Waals surface area contributed by atoms with E-state index < -0.39 is 0 Å². The number of carbonyl (C=O) groups excluding carboxylic acids is 2. The molecule has 2 aromatic carbocycles. The number of nitrogens with one attached hydrogen (secondary N) is 1. The van der Waals surface area contributed by atoms with Crippen LogP contribution in [0.3, 0.4) is 0 Å². The summed E-state index contributed by atoms with van der Waals surface area (Å²) >= 11 is 0. The average Bonchev–Trinajstić information content (AvgIpc) is 3.18. The van der Waals surface area contributed by atoms with E-state index in [1.54, 1.807) is 12.1 Å². The molecule has 0 fully saturated rings. The standard InChI is InChI=1S/C25H25N3O3/c1-14(2)11-27-12-18-22(16-7-9-17(30)10-8-16)24-20(13-28(15(3)29)25(24)31)26-19-5-4-6-21(27)23(18)19/h4-10,12,14,22,26,30H,11,13H2,1-3H3/t22-/m0/s1. The summed E-state index contributed by atoms with van der Waals surface area (Å²) in [4.78, 5) is 26.8. The van der Waals surface area contributed by atoms with Crippen molar-refractivity contribution in [2.45, 2.75) is 33.2 Å². The number of phenolic OH excluding ortho intramolecular Hbond substituents is 1. The molecule has 2 amide bonds. The highest BCUT2D eigenvalue weighted by molar-refractivity contribution is 6.11. The number of carbonyl (C=O) groups is 2. The lowest BCUT2D eigenvalue weighted by Gasteiger charge is -2.19. The van der Waals surface area contributed by atoms with Gasteiger partial charge >= 0.3 is 0 Å². The van der Waals surface area contributed by atoms with E-state index in [0.29, 0.717) is 11.5 Å². The van der Waals surface area contributed by atoms with Gasteiger partial charge < -0.3 is 15.0 Å². The molecule has 1 atom stereocenters. The number of hydrogen-bond donors (Lipinski definition) is 2. The zero-order chi connectivity index (χ0) is 21.9. The maximum atomic E-state index is 13.4. The second-order valence-corrected chi connectivity index (χ2v) is 8.78. The van der Waals surface area contributed by atoms with Gasteiger partial charge in [-0.1, -0.05) is 32.0 Å². The van der Waals surface area contributed by atoms with E-state index >= 15 is 0 Å². The van der Waals surface area contributed by atoms with Crippen molar-refractivity contribution in [3.8, 4) is 5.75 Å². The Balaban J connectivity index is 1.79. The fraction of sp³-hybridized carbons (Fsp3) is 0.280. The van der Waals surface area contributed by atoms with Crippen LogP contribution in [0.2, 0.25) is 0 Å². The van der Waals surface area contributed by atoms with Crippen molar-refractivity contribution in [2.75, 3.05) is 11.9 Å². The van der Waals surface area contributed by atoms with Gasteiger partial charge in [0.05, 0.1) is 17.6 Å². The molecule has 2 aliphatic rings. The lowest BCUT2D eigenvalue weighted by Crippen LogP contribution is -2.33. The van der Waals surface area contributed by atoms with Gasteiger partial charge in [-0.3, -0.25) is 14.5 Å². The van der Waals surface area contributed by atoms with Gasteiger partial charge in [-0.25, -0.2) is 0 Å². The zero-order valence-corrected chi connectivity index (χ0v) is 17.8. The number of aromatic nitrogens is 1. The number of benzene rings is 2. The van der Waals surface area contributed by atoms with Crippen LogP contribution in [0.15, 0.2) is 59.9 Å². The Labute approximate surface area is 180 Å². The molecule has 0 unspecified atom stereocenters. The second-order valence-electron chi connectivity index (χ2n) is 8.78. The van der Waals surface area contributed by atoms with Crippen LogP contribution in [0, 0.1) is 5.92 Å². The van der Waals surface area contributed by atoms with E-state index in [2.05, 4.69) is 36.0 Å². The molecule has 2 aliphatic heterocycles. The first kappa shape index (κ1) is 19.4. The minimum atomic E-state index is -0.334. The summed E-state index contributed by atoms with van der Waals surface area (Å²) in [5.41, 5.74) is 5.37. The molecule has 158 valence electrons. The Morgan fingerprint density at radius 1 is 1.19 bits per heavy atom. The first-order valence-corrected chi connectivity index (χ1v) is 10.6. The van der Waals surface area contributed by atoms with Crippen LogP contribution in [0.5, 0.6) is 5.75 Å². The first-order valence-electron chi connectivity index (χ1n) is 10.6. The van der Waals surface area contributed by atoms with Gasteiger partial charge in [0.15, 0.2) is 0 Å². The highest BCUT2D eigenvalue weighted by Gasteiger charge is 2.41. The maximum absolute atomic E-state index is 13.4. The molecule has 31 heavy (non-hydrogen) atoms. The van der Waals surface area contributed by atoms with Crippen LogP contribution in [-0.2, 0) is 16.1 Å². The van der Waals surface area contributed by atoms with Crippen molar-refractivity contribution in [2.24, 2.45) is 5.92 Å². The minimum Gasteiger partial charge on any atom is -0.508 e. The monoisotopic (exact) mass is 415 g/mol. The summed E-state index contributed by atoms with van der Waals surface area (Å²) < 4.78 is 2.25. The number of phenols is 1. The third kappa shape index (κ3) is 3.02. The van der Waals surface area contributed by atoms with Crippen molar-refractivity contribution in [3.05, 3.63) is 71.1 Å². The molecular weight excluding hydrogens is 390 g/mol. The van der Waals surface area contributed by atoms with E-state index in [0.717, 1.165) is 40.0 Å². The predicted molar refractivity (Wildman–Crippen MR) is 120 cm³/mol. The molecule has 6 heteroatoms. The third-order valence-electron chi connectivity index (χ3n) is 6.11. The Hall–Kier alpha value is -3.54. The van der Waals surface area contributed by atoms with Crippen LogP contribution >= 0.6 is 0 Å². The molecule has 0 saturated carbocycles. The molecule has 0 aliphatic carbocycles. The topological polar surface area (TPSA) is 74.6 Å². The van der Waals surface area contributed by atoms with Crippen LogP contribution in [-0.4, -0.2) is 32.9 Å². The number of rotatable bonds is 3. The van der Waals surface area contributed by atoms with Crippen molar-refractivity contribution < 1.29 is 14.7 Å².